The number of carbonyl (C=O) groups excluding carboxylic acids is 3. The number of nitrogens with zero attached hydrogens (tertiary/aromatic N) is 4. The van der Waals surface area contributed by atoms with Crippen LogP contribution in [0.3, 0.4) is 0 Å². The van der Waals surface area contributed by atoms with Gasteiger partial charge in [-0.2, -0.15) is 0 Å². The summed E-state index contributed by atoms with van der Waals surface area (Å²) in [6.07, 6.45) is -0.428. The molecule has 1 N–H and O–H groups in total. The summed E-state index contributed by atoms with van der Waals surface area (Å²) in [7, 11) is 5.79. The average molecular weight is 557 g/mol. The van der Waals surface area contributed by atoms with Crippen LogP contribution in [0.25, 0.3) is 5.69 Å². The highest BCUT2D eigenvalue weighted by atomic mass is 35.5. The summed E-state index contributed by atoms with van der Waals surface area (Å²) in [4.78, 5) is 56.1. The van der Waals surface area contributed by atoms with Crippen molar-refractivity contribution in [2.75, 3.05) is 39.7 Å². The zero-order chi connectivity index (χ0) is 28.6. The molecule has 4 rings (SSSR count). The van der Waals surface area contributed by atoms with Gasteiger partial charge < -0.3 is 19.6 Å². The van der Waals surface area contributed by atoms with Gasteiger partial charge in [0.25, 0.3) is 17.4 Å². The van der Waals surface area contributed by atoms with E-state index in [1.807, 2.05) is 0 Å². The molecular formula is C27H26ClFN4O6. The van der Waals surface area contributed by atoms with Crippen LogP contribution in [0.2, 0.25) is 5.02 Å². The number of fused-ring (bicyclic) bond motifs is 1. The lowest BCUT2D eigenvalue weighted by atomic mass is 9.95. The van der Waals surface area contributed by atoms with Crippen molar-refractivity contribution >= 4 is 35.2 Å². The summed E-state index contributed by atoms with van der Waals surface area (Å²) in [6.45, 7) is 0.238. The Balaban J connectivity index is 1.82. The van der Waals surface area contributed by atoms with Crippen LogP contribution < -0.4 is 10.5 Å². The number of hydrogen-bond donors (Lipinski definition) is 1. The largest absolute Gasteiger partial charge is 0.502 e. The molecule has 0 unspecified atom stereocenters. The number of amides is 3. The highest BCUT2D eigenvalue weighted by molar-refractivity contribution is 6.30. The maximum Gasteiger partial charge on any atom is 0.413 e. The third-order valence-electron chi connectivity index (χ3n) is 6.50. The highest BCUT2D eigenvalue weighted by Gasteiger charge is 2.35. The Hall–Kier alpha value is -4.38. The van der Waals surface area contributed by atoms with Crippen molar-refractivity contribution in [3.05, 3.63) is 86.0 Å². The number of aromatic nitrogens is 1. The summed E-state index contributed by atoms with van der Waals surface area (Å²) in [5.41, 5.74) is 0.266. The van der Waals surface area contributed by atoms with Crippen molar-refractivity contribution in [2.45, 2.75) is 13.0 Å². The molecule has 10 nitrogen and oxygen atoms in total. The Bertz CT molecular complexity index is 1540. The topological polar surface area (TPSA) is 112 Å². The van der Waals surface area contributed by atoms with Crippen LogP contribution in [-0.2, 0) is 17.7 Å². The van der Waals surface area contributed by atoms with Crippen molar-refractivity contribution in [3.63, 3.8) is 0 Å². The quantitative estimate of drug-likeness (QED) is 0.515. The normalized spacial score (nSPS) is 12.7. The Kier molecular flexibility index (Phi) is 7.64. The maximum atomic E-state index is 13.6. The van der Waals surface area contributed by atoms with Crippen molar-refractivity contribution < 1.29 is 28.6 Å². The van der Waals surface area contributed by atoms with E-state index in [-0.39, 0.29) is 47.0 Å². The number of halogens is 2. The second kappa shape index (κ2) is 10.8. The second-order valence-corrected chi connectivity index (χ2v) is 9.57. The number of anilines is 1. The summed E-state index contributed by atoms with van der Waals surface area (Å²) < 4.78 is 19.4. The first-order chi connectivity index (χ1) is 18.5. The molecule has 0 radical (unpaired) electrons. The summed E-state index contributed by atoms with van der Waals surface area (Å²) >= 11 is 5.88. The predicted octanol–water partition coefficient (Wildman–Crippen LogP) is 3.44. The molecule has 0 atom stereocenters. The summed E-state index contributed by atoms with van der Waals surface area (Å²) in [5, 5.41) is 10.9. The molecule has 12 heteroatoms. The molecule has 1 aliphatic heterocycles. The van der Waals surface area contributed by atoms with E-state index in [1.165, 1.54) is 73.3 Å². The van der Waals surface area contributed by atoms with Crippen molar-refractivity contribution in [3.8, 4) is 11.4 Å². The van der Waals surface area contributed by atoms with Gasteiger partial charge >= 0.3 is 6.09 Å². The van der Waals surface area contributed by atoms with E-state index in [9.17, 15) is 28.7 Å². The van der Waals surface area contributed by atoms with Crippen LogP contribution in [0.5, 0.6) is 5.75 Å². The summed E-state index contributed by atoms with van der Waals surface area (Å²) in [6, 6.07) is 10.2. The van der Waals surface area contributed by atoms with Gasteiger partial charge in [-0.1, -0.05) is 17.7 Å². The third kappa shape index (κ3) is 5.05. The van der Waals surface area contributed by atoms with Gasteiger partial charge in [-0.3, -0.25) is 23.9 Å². The van der Waals surface area contributed by atoms with E-state index in [2.05, 4.69) is 0 Å². The van der Waals surface area contributed by atoms with Gasteiger partial charge in [-0.05, 0) is 48.4 Å². The molecule has 0 bridgehead atoms. The van der Waals surface area contributed by atoms with Gasteiger partial charge in [0, 0.05) is 51.2 Å². The molecule has 204 valence electrons. The Morgan fingerprint density at radius 1 is 1.10 bits per heavy atom. The molecule has 0 fully saturated rings. The van der Waals surface area contributed by atoms with Crippen LogP contribution in [0, 0.1) is 5.82 Å². The second-order valence-electron chi connectivity index (χ2n) is 9.16. The third-order valence-corrected chi connectivity index (χ3v) is 6.79. The zero-order valence-corrected chi connectivity index (χ0v) is 22.5. The first kappa shape index (κ1) is 27.6. The first-order valence-electron chi connectivity index (χ1n) is 11.8. The molecule has 39 heavy (non-hydrogen) atoms. The van der Waals surface area contributed by atoms with Gasteiger partial charge in [0.1, 0.15) is 11.5 Å². The number of benzene rings is 2. The molecule has 2 heterocycles. The Morgan fingerprint density at radius 3 is 2.36 bits per heavy atom. The van der Waals surface area contributed by atoms with Gasteiger partial charge in [-0.15, -0.1) is 0 Å². The van der Waals surface area contributed by atoms with Gasteiger partial charge in [0.2, 0.25) is 0 Å². The minimum atomic E-state index is -0.951. The summed E-state index contributed by atoms with van der Waals surface area (Å²) in [5.74, 6) is -2.55. The highest BCUT2D eigenvalue weighted by Crippen LogP contribution is 2.31. The molecule has 1 aromatic heterocycles. The van der Waals surface area contributed by atoms with Crippen LogP contribution in [0.15, 0.2) is 47.3 Å². The van der Waals surface area contributed by atoms with E-state index in [0.717, 1.165) is 4.57 Å². The van der Waals surface area contributed by atoms with E-state index >= 15 is 0 Å². The van der Waals surface area contributed by atoms with Crippen LogP contribution in [0.1, 0.15) is 32.0 Å². The first-order valence-corrected chi connectivity index (χ1v) is 12.2. The zero-order valence-electron chi connectivity index (χ0n) is 21.7. The fourth-order valence-corrected chi connectivity index (χ4v) is 4.65. The number of hydrogen-bond acceptors (Lipinski definition) is 6. The predicted molar refractivity (Wildman–Crippen MR) is 142 cm³/mol. The number of rotatable bonds is 5. The van der Waals surface area contributed by atoms with Gasteiger partial charge in [0.15, 0.2) is 5.75 Å². The molecule has 1 aliphatic rings. The fraction of sp³-hybridized carbons (Fsp3) is 0.259. The molecule has 0 saturated carbocycles. The minimum absolute atomic E-state index is 0.0512. The molecule has 0 aliphatic carbocycles. The SMILES string of the molecule is COC(=O)N(C)c1ccc(-n2c(C(=O)N(C)C)c3c(c(O)c2=O)C(=O)N(Cc2ccc(F)c(Cl)c2)CC3)cc1. The molecule has 2 aromatic carbocycles. The fourth-order valence-electron chi connectivity index (χ4n) is 4.45. The number of ether oxygens (including phenoxy) is 1. The van der Waals surface area contributed by atoms with E-state index in [1.54, 1.807) is 12.1 Å². The number of carbonyl (C=O) groups is 3. The van der Waals surface area contributed by atoms with Crippen molar-refractivity contribution in [2.24, 2.45) is 0 Å². The maximum absolute atomic E-state index is 13.6. The smallest absolute Gasteiger partial charge is 0.413 e. The number of aromatic hydroxyl groups is 1. The minimum Gasteiger partial charge on any atom is -0.502 e. The van der Waals surface area contributed by atoms with Gasteiger partial charge in [0.05, 0.1) is 17.7 Å². The molecule has 0 saturated heterocycles. The number of pyridine rings is 1. The average Bonchev–Trinajstić information content (AvgIpc) is 2.92. The Labute approximate surface area is 228 Å². The van der Waals surface area contributed by atoms with Crippen molar-refractivity contribution in [1.82, 2.24) is 14.4 Å². The van der Waals surface area contributed by atoms with E-state index in [0.29, 0.717) is 11.3 Å². The molecule has 3 amide bonds. The monoisotopic (exact) mass is 556 g/mol. The van der Waals surface area contributed by atoms with E-state index in [4.69, 9.17) is 16.3 Å². The lowest BCUT2D eigenvalue weighted by molar-refractivity contribution is 0.0720. The molecular weight excluding hydrogens is 531 g/mol. The van der Waals surface area contributed by atoms with Crippen molar-refractivity contribution in [1.29, 1.82) is 0 Å². The van der Waals surface area contributed by atoms with Gasteiger partial charge in [-0.25, -0.2) is 9.18 Å². The van der Waals surface area contributed by atoms with Crippen LogP contribution >= 0.6 is 11.6 Å². The number of methoxy groups -OCH3 is 1. The lowest BCUT2D eigenvalue weighted by Crippen LogP contribution is -2.42. The van der Waals surface area contributed by atoms with E-state index < -0.39 is 35.0 Å². The lowest BCUT2D eigenvalue weighted by Gasteiger charge is -2.31. The van der Waals surface area contributed by atoms with Crippen LogP contribution in [0.4, 0.5) is 14.9 Å². The Morgan fingerprint density at radius 2 is 1.77 bits per heavy atom. The standard InChI is InChI=1S/C27H26ClFN4O6/c1-30(2)25(36)22-18-11-12-32(14-15-5-10-20(29)19(28)13-15)24(35)21(18)23(34)26(37)33(22)17-8-6-16(7-9-17)31(3)27(38)39-4/h5-10,13,34H,11-12,14H2,1-4H3. The molecule has 0 spiro atoms. The van der Waals surface area contributed by atoms with Crippen LogP contribution in [-0.4, -0.2) is 72.2 Å². The molecule has 3 aromatic rings.